The molecule has 5 nitrogen and oxygen atoms in total. The molecule has 0 aliphatic heterocycles. The van der Waals surface area contributed by atoms with E-state index in [0.29, 0.717) is 5.69 Å². The molecule has 2 aromatic rings. The summed E-state index contributed by atoms with van der Waals surface area (Å²) in [6.07, 6.45) is 10.1. The second kappa shape index (κ2) is 8.33. The molecule has 1 saturated carbocycles. The molecule has 5 heteroatoms. The lowest BCUT2D eigenvalue weighted by atomic mass is 10.1. The predicted molar refractivity (Wildman–Crippen MR) is 98.4 cm³/mol. The largest absolute Gasteiger partial charge is 0.493 e. The van der Waals surface area contributed by atoms with E-state index in [1.54, 1.807) is 13.2 Å². The van der Waals surface area contributed by atoms with Crippen molar-refractivity contribution >= 4 is 18.4 Å². The fourth-order valence-electron chi connectivity index (χ4n) is 2.95. The van der Waals surface area contributed by atoms with Crippen LogP contribution in [0.15, 0.2) is 41.6 Å². The summed E-state index contributed by atoms with van der Waals surface area (Å²) in [5, 5.41) is 11.6. The number of aromatic nitrogens is 1. The van der Waals surface area contributed by atoms with Gasteiger partial charge in [-0.3, -0.25) is 0 Å². The minimum Gasteiger partial charge on any atom is -0.493 e. The monoisotopic (exact) mass is 338 g/mol. The Labute approximate surface area is 147 Å². The van der Waals surface area contributed by atoms with Crippen LogP contribution in [-0.2, 0) is 0 Å². The number of hydrogen-bond acceptors (Lipinski definition) is 5. The third-order valence-corrected chi connectivity index (χ3v) is 4.21. The minimum absolute atomic E-state index is 0.282. The van der Waals surface area contributed by atoms with Crippen molar-refractivity contribution in [2.24, 2.45) is 5.16 Å². The second-order valence-electron chi connectivity index (χ2n) is 6.00. The van der Waals surface area contributed by atoms with Crippen molar-refractivity contribution < 1.29 is 14.7 Å². The molecule has 0 atom stereocenters. The smallest absolute Gasteiger partial charge is 0.162 e. The van der Waals surface area contributed by atoms with Crippen LogP contribution in [0.3, 0.4) is 0 Å². The Hall–Kier alpha value is -2.82. The van der Waals surface area contributed by atoms with E-state index in [-0.39, 0.29) is 6.10 Å². The van der Waals surface area contributed by atoms with Gasteiger partial charge in [-0.25, -0.2) is 4.98 Å². The number of ether oxygens (including phenoxy) is 2. The second-order valence-corrected chi connectivity index (χ2v) is 6.00. The molecule has 0 radical (unpaired) electrons. The molecule has 1 fully saturated rings. The molecular weight excluding hydrogens is 316 g/mol. The molecule has 1 N–H and O–H groups in total. The molecule has 0 saturated heterocycles. The van der Waals surface area contributed by atoms with Crippen LogP contribution in [0.1, 0.15) is 42.6 Å². The molecule has 0 bridgehead atoms. The van der Waals surface area contributed by atoms with Crippen molar-refractivity contribution in [1.29, 1.82) is 0 Å². The lowest BCUT2D eigenvalue weighted by molar-refractivity contribution is 0.201. The number of nitrogens with zero attached hydrogens (tertiary/aromatic N) is 2. The number of methoxy groups -OCH3 is 1. The first-order valence-electron chi connectivity index (χ1n) is 8.46. The number of oxime groups is 1. The zero-order valence-electron chi connectivity index (χ0n) is 14.3. The van der Waals surface area contributed by atoms with Crippen molar-refractivity contribution in [3.05, 3.63) is 53.3 Å². The lowest BCUT2D eigenvalue weighted by Crippen LogP contribution is -2.11. The highest BCUT2D eigenvalue weighted by Gasteiger charge is 2.18. The van der Waals surface area contributed by atoms with Crippen LogP contribution in [-0.4, -0.2) is 29.6 Å². The van der Waals surface area contributed by atoms with Gasteiger partial charge < -0.3 is 14.7 Å². The molecule has 1 aliphatic carbocycles. The predicted octanol–water partition coefficient (Wildman–Crippen LogP) is 4.39. The van der Waals surface area contributed by atoms with Gasteiger partial charge in [-0.15, -0.1) is 0 Å². The number of hydrogen-bond donors (Lipinski definition) is 1. The van der Waals surface area contributed by atoms with Crippen LogP contribution in [0.2, 0.25) is 0 Å². The molecular formula is C20H22N2O3. The fraction of sp³-hybridized carbons (Fsp3) is 0.300. The summed E-state index contributed by atoms with van der Waals surface area (Å²) in [5.74, 6) is 1.54. The number of pyridine rings is 1. The molecule has 130 valence electrons. The molecule has 1 heterocycles. The zero-order valence-corrected chi connectivity index (χ0v) is 14.3. The van der Waals surface area contributed by atoms with Gasteiger partial charge in [-0.2, -0.15) is 0 Å². The molecule has 3 rings (SSSR count). The lowest BCUT2D eigenvalue weighted by Gasteiger charge is -2.16. The van der Waals surface area contributed by atoms with Crippen LogP contribution >= 0.6 is 0 Å². The van der Waals surface area contributed by atoms with E-state index >= 15 is 0 Å². The van der Waals surface area contributed by atoms with Crippen LogP contribution in [0, 0.1) is 0 Å². The van der Waals surface area contributed by atoms with E-state index in [4.69, 9.17) is 14.7 Å². The van der Waals surface area contributed by atoms with Crippen molar-refractivity contribution in [3.63, 3.8) is 0 Å². The Morgan fingerprint density at radius 3 is 2.64 bits per heavy atom. The maximum Gasteiger partial charge on any atom is 0.162 e. The highest BCUT2D eigenvalue weighted by Crippen LogP contribution is 2.32. The third kappa shape index (κ3) is 4.59. The quantitative estimate of drug-likeness (QED) is 0.482. The van der Waals surface area contributed by atoms with E-state index in [1.807, 2.05) is 42.5 Å². The van der Waals surface area contributed by atoms with Gasteiger partial charge in [0.15, 0.2) is 11.5 Å². The Bertz CT molecular complexity index is 765. The maximum absolute atomic E-state index is 8.60. The van der Waals surface area contributed by atoms with Gasteiger partial charge in [0.2, 0.25) is 0 Å². The molecule has 0 spiro atoms. The normalized spacial score (nSPS) is 15.2. The van der Waals surface area contributed by atoms with Gasteiger partial charge in [0, 0.05) is 0 Å². The summed E-state index contributed by atoms with van der Waals surface area (Å²) in [6.45, 7) is 0. The highest BCUT2D eigenvalue weighted by molar-refractivity contribution is 5.77. The summed E-state index contributed by atoms with van der Waals surface area (Å²) in [5.41, 5.74) is 2.40. The Kier molecular flexibility index (Phi) is 5.67. The van der Waals surface area contributed by atoms with E-state index in [0.717, 1.165) is 35.6 Å². The summed E-state index contributed by atoms with van der Waals surface area (Å²) in [4.78, 5) is 4.36. The minimum atomic E-state index is 0.282. The maximum atomic E-state index is 8.60. The van der Waals surface area contributed by atoms with Gasteiger partial charge in [0.25, 0.3) is 0 Å². The topological polar surface area (TPSA) is 63.9 Å². The highest BCUT2D eigenvalue weighted by atomic mass is 16.5. The summed E-state index contributed by atoms with van der Waals surface area (Å²) < 4.78 is 11.5. The third-order valence-electron chi connectivity index (χ3n) is 4.21. The molecule has 1 aromatic carbocycles. The van der Waals surface area contributed by atoms with Crippen molar-refractivity contribution in [3.8, 4) is 11.5 Å². The van der Waals surface area contributed by atoms with Gasteiger partial charge in [0.1, 0.15) is 0 Å². The van der Waals surface area contributed by atoms with Crippen LogP contribution in [0.5, 0.6) is 11.5 Å². The molecule has 0 unspecified atom stereocenters. The Morgan fingerprint density at radius 2 is 1.88 bits per heavy atom. The van der Waals surface area contributed by atoms with Gasteiger partial charge in [0.05, 0.1) is 30.8 Å². The molecule has 1 aliphatic rings. The Balaban J connectivity index is 1.78. The average molecular weight is 338 g/mol. The first kappa shape index (κ1) is 17.0. The number of benzene rings is 1. The van der Waals surface area contributed by atoms with Gasteiger partial charge in [-0.05, 0) is 61.6 Å². The van der Waals surface area contributed by atoms with Gasteiger partial charge >= 0.3 is 0 Å². The first-order valence-corrected chi connectivity index (χ1v) is 8.46. The summed E-state index contributed by atoms with van der Waals surface area (Å²) in [7, 11) is 1.66. The average Bonchev–Trinajstić information content (AvgIpc) is 3.14. The van der Waals surface area contributed by atoms with E-state index in [9.17, 15) is 0 Å². The van der Waals surface area contributed by atoms with Crippen molar-refractivity contribution in [1.82, 2.24) is 4.98 Å². The standard InChI is InChI=1S/C20H22N2O3/c1-24-19-12-10-15(13-20(19)25-18-7-2-3-8-18)9-11-16-5-4-6-17(22-16)14-21-23/h4-6,9-14,18,23H,2-3,7-8H2,1H3/b11-9+,21-14-. The van der Waals surface area contributed by atoms with Crippen LogP contribution in [0.25, 0.3) is 12.2 Å². The van der Waals surface area contributed by atoms with Crippen molar-refractivity contribution in [2.45, 2.75) is 31.8 Å². The summed E-state index contributed by atoms with van der Waals surface area (Å²) >= 11 is 0. The van der Waals surface area contributed by atoms with Crippen molar-refractivity contribution in [2.75, 3.05) is 7.11 Å². The van der Waals surface area contributed by atoms with E-state index in [2.05, 4.69) is 10.1 Å². The molecule has 25 heavy (non-hydrogen) atoms. The van der Waals surface area contributed by atoms with Crippen LogP contribution in [0.4, 0.5) is 0 Å². The van der Waals surface area contributed by atoms with Gasteiger partial charge in [-0.1, -0.05) is 23.4 Å². The summed E-state index contributed by atoms with van der Waals surface area (Å²) in [6, 6.07) is 11.4. The van der Waals surface area contributed by atoms with E-state index in [1.165, 1.54) is 19.1 Å². The van der Waals surface area contributed by atoms with Crippen LogP contribution < -0.4 is 9.47 Å². The molecule has 0 amide bonds. The molecule has 1 aromatic heterocycles. The fourth-order valence-corrected chi connectivity index (χ4v) is 2.95. The zero-order chi connectivity index (χ0) is 17.5. The first-order chi connectivity index (χ1) is 12.3. The van der Waals surface area contributed by atoms with E-state index < -0.39 is 0 Å². The SMILES string of the molecule is COc1ccc(/C=C/c2cccc(/C=N\O)n2)cc1OC1CCCC1. The number of rotatable bonds is 6. The Morgan fingerprint density at radius 1 is 1.08 bits per heavy atom.